The third-order valence-electron chi connectivity index (χ3n) is 9.20. The molecule has 0 radical (unpaired) electrons. The SMILES string of the molecule is Cc1ccc(S(=O)(=O)N(CC(=O)N(Cc2cccc(Cl)c2)[C@H](Cc2ccccc2)C(=O)NC2CCCCC2)c2cccc(C)c2C)cc1. The third-order valence-corrected chi connectivity index (χ3v) is 11.2. The molecule has 0 aromatic heterocycles. The summed E-state index contributed by atoms with van der Waals surface area (Å²) >= 11 is 6.37. The van der Waals surface area contributed by atoms with E-state index in [0.717, 1.165) is 59.9 Å². The Balaban J connectivity index is 1.59. The van der Waals surface area contributed by atoms with Gasteiger partial charge >= 0.3 is 0 Å². The lowest BCUT2D eigenvalue weighted by Gasteiger charge is -2.35. The molecule has 252 valence electrons. The van der Waals surface area contributed by atoms with Crippen molar-refractivity contribution in [2.45, 2.75) is 82.8 Å². The van der Waals surface area contributed by atoms with E-state index in [1.165, 1.54) is 9.21 Å². The number of nitrogens with one attached hydrogen (secondary N) is 1. The number of nitrogens with zero attached hydrogens (tertiary/aromatic N) is 2. The molecule has 0 bridgehead atoms. The van der Waals surface area contributed by atoms with Crippen LogP contribution in [0.15, 0.2) is 102 Å². The Labute approximate surface area is 290 Å². The number of carbonyl (C=O) groups is 2. The van der Waals surface area contributed by atoms with E-state index in [0.29, 0.717) is 10.7 Å². The van der Waals surface area contributed by atoms with Gasteiger partial charge in [-0.2, -0.15) is 0 Å². The van der Waals surface area contributed by atoms with E-state index in [9.17, 15) is 18.0 Å². The highest BCUT2D eigenvalue weighted by Gasteiger charge is 2.36. The van der Waals surface area contributed by atoms with E-state index in [1.54, 1.807) is 54.6 Å². The number of hydrogen-bond acceptors (Lipinski definition) is 4. The van der Waals surface area contributed by atoms with E-state index in [1.807, 2.05) is 63.2 Å². The van der Waals surface area contributed by atoms with Crippen molar-refractivity contribution < 1.29 is 18.0 Å². The van der Waals surface area contributed by atoms with Gasteiger partial charge in [-0.15, -0.1) is 0 Å². The number of carbonyl (C=O) groups excluding carboxylic acids is 2. The molecule has 48 heavy (non-hydrogen) atoms. The van der Waals surface area contributed by atoms with Crippen LogP contribution in [0.3, 0.4) is 0 Å². The number of sulfonamides is 1. The second kappa shape index (κ2) is 15.8. The van der Waals surface area contributed by atoms with Crippen LogP contribution in [-0.4, -0.2) is 43.8 Å². The summed E-state index contributed by atoms with van der Waals surface area (Å²) in [5, 5.41) is 3.75. The Hall–Kier alpha value is -4.14. The molecule has 1 aliphatic carbocycles. The van der Waals surface area contributed by atoms with Gasteiger partial charge in [0.1, 0.15) is 12.6 Å². The van der Waals surface area contributed by atoms with Crippen LogP contribution in [-0.2, 0) is 32.6 Å². The fourth-order valence-corrected chi connectivity index (χ4v) is 7.97. The first kappa shape index (κ1) is 35.2. The summed E-state index contributed by atoms with van der Waals surface area (Å²) in [7, 11) is -4.18. The molecule has 1 N–H and O–H groups in total. The zero-order valence-corrected chi connectivity index (χ0v) is 29.4. The van der Waals surface area contributed by atoms with E-state index in [2.05, 4.69) is 5.32 Å². The summed E-state index contributed by atoms with van der Waals surface area (Å²) in [6, 6.07) is 28.0. The quantitative estimate of drug-likeness (QED) is 0.167. The number of rotatable bonds is 12. The van der Waals surface area contributed by atoms with Gasteiger partial charge < -0.3 is 10.2 Å². The predicted molar refractivity (Wildman–Crippen MR) is 193 cm³/mol. The Morgan fingerprint density at radius 1 is 0.833 bits per heavy atom. The first-order chi connectivity index (χ1) is 23.0. The minimum Gasteiger partial charge on any atom is -0.352 e. The highest BCUT2D eigenvalue weighted by molar-refractivity contribution is 7.92. The molecule has 1 saturated carbocycles. The van der Waals surface area contributed by atoms with Gasteiger partial charge in [0, 0.05) is 24.0 Å². The highest BCUT2D eigenvalue weighted by atomic mass is 35.5. The molecule has 4 aromatic carbocycles. The lowest BCUT2D eigenvalue weighted by Crippen LogP contribution is -2.55. The van der Waals surface area contributed by atoms with E-state index >= 15 is 0 Å². The summed E-state index contributed by atoms with van der Waals surface area (Å²) in [5.41, 5.74) is 4.61. The summed E-state index contributed by atoms with van der Waals surface area (Å²) in [4.78, 5) is 30.7. The van der Waals surface area contributed by atoms with Gasteiger partial charge in [-0.1, -0.05) is 103 Å². The zero-order valence-electron chi connectivity index (χ0n) is 27.9. The molecular weight excluding hydrogens is 642 g/mol. The fourth-order valence-electron chi connectivity index (χ4n) is 6.29. The predicted octanol–water partition coefficient (Wildman–Crippen LogP) is 7.55. The summed E-state index contributed by atoms with van der Waals surface area (Å²) < 4.78 is 30.0. The topological polar surface area (TPSA) is 86.8 Å². The maximum absolute atomic E-state index is 14.8. The summed E-state index contributed by atoms with van der Waals surface area (Å²) in [6.07, 6.45) is 5.27. The van der Waals surface area contributed by atoms with Crippen LogP contribution in [0.5, 0.6) is 0 Å². The molecule has 0 saturated heterocycles. The molecule has 0 aliphatic heterocycles. The standard InChI is InChI=1S/C39H44ClN3O4S/c1-28-20-22-35(23-21-28)48(46,47)43(36-19-10-12-29(2)30(36)3)27-38(44)42(26-32-15-11-16-33(40)24-32)37(25-31-13-6-4-7-14-31)39(45)41-34-17-8-5-9-18-34/h4,6-7,10-16,19-24,34,37H,5,8-9,17-18,25-27H2,1-3H3,(H,41,45)/t37-/m1/s1. The molecule has 0 spiro atoms. The van der Waals surface area contributed by atoms with Crippen molar-refractivity contribution in [2.24, 2.45) is 0 Å². The van der Waals surface area contributed by atoms with Crippen molar-refractivity contribution in [1.82, 2.24) is 10.2 Å². The molecule has 7 nitrogen and oxygen atoms in total. The molecule has 1 atom stereocenters. The second-order valence-corrected chi connectivity index (χ2v) is 15.0. The van der Waals surface area contributed by atoms with E-state index in [4.69, 9.17) is 11.6 Å². The minimum absolute atomic E-state index is 0.0287. The molecule has 4 aromatic rings. The van der Waals surface area contributed by atoms with Crippen LogP contribution in [0.2, 0.25) is 5.02 Å². The number of aryl methyl sites for hydroxylation is 2. The number of halogens is 1. The third kappa shape index (κ3) is 8.65. The number of benzene rings is 4. The fraction of sp³-hybridized carbons (Fsp3) is 0.333. The number of amides is 2. The van der Waals surface area contributed by atoms with Crippen molar-refractivity contribution in [2.75, 3.05) is 10.8 Å². The first-order valence-electron chi connectivity index (χ1n) is 16.6. The smallest absolute Gasteiger partial charge is 0.264 e. The molecule has 1 fully saturated rings. The van der Waals surface area contributed by atoms with Crippen molar-refractivity contribution in [3.8, 4) is 0 Å². The average Bonchev–Trinajstić information content (AvgIpc) is 3.07. The van der Waals surface area contributed by atoms with Gasteiger partial charge in [-0.3, -0.25) is 13.9 Å². The minimum atomic E-state index is -4.18. The molecule has 5 rings (SSSR count). The van der Waals surface area contributed by atoms with Crippen LogP contribution in [0.1, 0.15) is 59.9 Å². The lowest BCUT2D eigenvalue weighted by molar-refractivity contribution is -0.140. The highest BCUT2D eigenvalue weighted by Crippen LogP contribution is 2.30. The zero-order chi connectivity index (χ0) is 34.3. The Kier molecular flexibility index (Phi) is 11.6. The Morgan fingerprint density at radius 3 is 2.19 bits per heavy atom. The summed E-state index contributed by atoms with van der Waals surface area (Å²) in [6.45, 7) is 5.23. The molecule has 0 heterocycles. The second-order valence-electron chi connectivity index (χ2n) is 12.7. The van der Waals surface area contributed by atoms with Crippen LogP contribution < -0.4 is 9.62 Å². The normalized spacial score (nSPS) is 14.2. The monoisotopic (exact) mass is 685 g/mol. The molecule has 1 aliphatic rings. The lowest BCUT2D eigenvalue weighted by atomic mass is 9.94. The summed E-state index contributed by atoms with van der Waals surface area (Å²) in [5.74, 6) is -0.743. The van der Waals surface area contributed by atoms with E-state index in [-0.39, 0.29) is 29.8 Å². The van der Waals surface area contributed by atoms with Gasteiger partial charge in [0.05, 0.1) is 10.6 Å². The van der Waals surface area contributed by atoms with Gasteiger partial charge in [0.2, 0.25) is 11.8 Å². The molecule has 0 unspecified atom stereocenters. The van der Waals surface area contributed by atoms with Gasteiger partial charge in [-0.05, 0) is 86.2 Å². The van der Waals surface area contributed by atoms with Crippen molar-refractivity contribution >= 4 is 39.1 Å². The van der Waals surface area contributed by atoms with Crippen molar-refractivity contribution in [3.05, 3.63) is 130 Å². The average molecular weight is 686 g/mol. The molecule has 2 amide bonds. The van der Waals surface area contributed by atoms with Gasteiger partial charge in [0.15, 0.2) is 0 Å². The van der Waals surface area contributed by atoms with Crippen LogP contribution in [0.4, 0.5) is 5.69 Å². The number of hydrogen-bond donors (Lipinski definition) is 1. The Bertz CT molecular complexity index is 1820. The molecule has 9 heteroatoms. The maximum atomic E-state index is 14.8. The van der Waals surface area contributed by atoms with Gasteiger partial charge in [0.25, 0.3) is 10.0 Å². The largest absolute Gasteiger partial charge is 0.352 e. The molecular formula is C39H44ClN3O4S. The van der Waals surface area contributed by atoms with Crippen LogP contribution in [0.25, 0.3) is 0 Å². The van der Waals surface area contributed by atoms with Crippen LogP contribution in [0, 0.1) is 20.8 Å². The van der Waals surface area contributed by atoms with E-state index < -0.39 is 28.5 Å². The van der Waals surface area contributed by atoms with Gasteiger partial charge in [-0.25, -0.2) is 8.42 Å². The van der Waals surface area contributed by atoms with Crippen LogP contribution >= 0.6 is 11.6 Å². The first-order valence-corrected chi connectivity index (χ1v) is 18.4. The number of anilines is 1. The van der Waals surface area contributed by atoms with Crippen molar-refractivity contribution in [1.29, 1.82) is 0 Å². The van der Waals surface area contributed by atoms with Crippen molar-refractivity contribution in [3.63, 3.8) is 0 Å². The Morgan fingerprint density at radius 2 is 1.50 bits per heavy atom. The maximum Gasteiger partial charge on any atom is 0.264 e.